The van der Waals surface area contributed by atoms with Crippen LogP contribution in [0.2, 0.25) is 0 Å². The Kier molecular flexibility index (Phi) is 3.58. The van der Waals surface area contributed by atoms with Crippen molar-refractivity contribution in [2.24, 2.45) is 0 Å². The van der Waals surface area contributed by atoms with Gasteiger partial charge in [-0.25, -0.2) is 0 Å². The third kappa shape index (κ3) is 2.25. The summed E-state index contributed by atoms with van der Waals surface area (Å²) in [7, 11) is 0. The van der Waals surface area contributed by atoms with E-state index < -0.39 is 6.10 Å². The molecular weight excluding hydrogens is 196 g/mol. The molecule has 2 rings (SSSR count). The second kappa shape index (κ2) is 5.13. The molecule has 1 aromatic rings. The zero-order valence-electron chi connectivity index (χ0n) is 9.69. The first kappa shape index (κ1) is 11.2. The summed E-state index contributed by atoms with van der Waals surface area (Å²) in [6.07, 6.45) is 9.25. The molecule has 0 aliphatic heterocycles. The van der Waals surface area contributed by atoms with Gasteiger partial charge < -0.3 is 5.11 Å². The van der Waals surface area contributed by atoms with E-state index in [0.717, 1.165) is 23.1 Å². The van der Waals surface area contributed by atoms with Gasteiger partial charge in [-0.05, 0) is 23.1 Å². The Labute approximate surface area is 97.1 Å². The van der Waals surface area contributed by atoms with E-state index in [2.05, 4.69) is 19.1 Å². The lowest BCUT2D eigenvalue weighted by Gasteiger charge is -2.19. The van der Waals surface area contributed by atoms with Crippen LogP contribution in [0.1, 0.15) is 43.4 Å². The van der Waals surface area contributed by atoms with Gasteiger partial charge in [0.05, 0.1) is 0 Å². The van der Waals surface area contributed by atoms with E-state index in [9.17, 15) is 5.11 Å². The summed E-state index contributed by atoms with van der Waals surface area (Å²) in [5.74, 6) is 0. The molecule has 0 radical (unpaired) electrons. The fourth-order valence-electron chi connectivity index (χ4n) is 2.02. The normalized spacial score (nSPS) is 21.1. The van der Waals surface area contributed by atoms with Crippen molar-refractivity contribution in [3.05, 3.63) is 53.1 Å². The third-order valence-electron chi connectivity index (χ3n) is 3.00. The lowest BCUT2D eigenvalue weighted by molar-refractivity contribution is 0.218. The number of hydrogen-bond donors (Lipinski definition) is 1. The maximum Gasteiger partial charge on any atom is 0.104 e. The number of allylic oxidation sites excluding steroid dienone is 1. The minimum absolute atomic E-state index is 0.446. The van der Waals surface area contributed by atoms with E-state index in [-0.39, 0.29) is 0 Å². The Morgan fingerprint density at radius 1 is 1.25 bits per heavy atom. The highest BCUT2D eigenvalue weighted by atomic mass is 16.3. The fraction of sp³-hybridized carbons (Fsp3) is 0.333. The molecule has 1 aliphatic rings. The van der Waals surface area contributed by atoms with Crippen LogP contribution in [0.5, 0.6) is 0 Å². The monoisotopic (exact) mass is 214 g/mol. The quantitative estimate of drug-likeness (QED) is 0.757. The number of benzene rings is 1. The van der Waals surface area contributed by atoms with Gasteiger partial charge in [0, 0.05) is 0 Å². The molecule has 0 aromatic heterocycles. The summed E-state index contributed by atoms with van der Waals surface area (Å²) < 4.78 is 0. The molecule has 16 heavy (non-hydrogen) atoms. The van der Waals surface area contributed by atoms with Gasteiger partial charge in [-0.2, -0.15) is 0 Å². The maximum absolute atomic E-state index is 10.2. The Balaban J connectivity index is 2.21. The molecule has 1 aliphatic carbocycles. The molecule has 1 nitrogen and oxygen atoms in total. The fourth-order valence-corrected chi connectivity index (χ4v) is 2.02. The van der Waals surface area contributed by atoms with Crippen LogP contribution in [0.3, 0.4) is 0 Å². The van der Waals surface area contributed by atoms with Crippen molar-refractivity contribution in [1.82, 2.24) is 0 Å². The minimum Gasteiger partial charge on any atom is -0.384 e. The lowest BCUT2D eigenvalue weighted by Crippen LogP contribution is -2.05. The largest absolute Gasteiger partial charge is 0.384 e. The van der Waals surface area contributed by atoms with Gasteiger partial charge >= 0.3 is 0 Å². The summed E-state index contributed by atoms with van der Waals surface area (Å²) in [5, 5.41) is 10.2. The lowest BCUT2D eigenvalue weighted by atomic mass is 9.90. The Morgan fingerprint density at radius 3 is 2.88 bits per heavy atom. The van der Waals surface area contributed by atoms with Crippen LogP contribution in [-0.2, 0) is 0 Å². The van der Waals surface area contributed by atoms with E-state index in [0.29, 0.717) is 0 Å². The van der Waals surface area contributed by atoms with Crippen molar-refractivity contribution in [2.45, 2.75) is 32.3 Å². The molecule has 0 bridgehead atoms. The number of rotatable bonds is 3. The first-order chi connectivity index (χ1) is 7.83. The summed E-state index contributed by atoms with van der Waals surface area (Å²) in [6, 6.07) is 8.02. The van der Waals surface area contributed by atoms with Gasteiger partial charge in [0.25, 0.3) is 0 Å². The molecule has 1 N–H and O–H groups in total. The van der Waals surface area contributed by atoms with E-state index in [1.54, 1.807) is 0 Å². The predicted octanol–water partition coefficient (Wildman–Crippen LogP) is 3.86. The molecule has 0 saturated carbocycles. The van der Waals surface area contributed by atoms with Crippen LogP contribution >= 0.6 is 0 Å². The molecule has 1 atom stereocenters. The van der Waals surface area contributed by atoms with Crippen molar-refractivity contribution in [2.75, 3.05) is 0 Å². The van der Waals surface area contributed by atoms with Crippen LogP contribution in [0.25, 0.3) is 6.08 Å². The van der Waals surface area contributed by atoms with Gasteiger partial charge in [-0.15, -0.1) is 0 Å². The van der Waals surface area contributed by atoms with Crippen LogP contribution in [0.4, 0.5) is 0 Å². The van der Waals surface area contributed by atoms with E-state index >= 15 is 0 Å². The standard InChI is InChI=1S/C15H18O/c1-2-3-4-8-13-11-10-12-7-5-6-9-14(12)15(13)16/h5-11,15-16H,2-4H2,1H3. The highest BCUT2D eigenvalue weighted by Crippen LogP contribution is 2.31. The second-order valence-corrected chi connectivity index (χ2v) is 4.21. The summed E-state index contributed by atoms with van der Waals surface area (Å²) in [4.78, 5) is 0. The van der Waals surface area contributed by atoms with Crippen LogP contribution in [-0.4, -0.2) is 5.11 Å². The molecule has 1 heteroatoms. The Morgan fingerprint density at radius 2 is 2.06 bits per heavy atom. The molecule has 0 amide bonds. The highest BCUT2D eigenvalue weighted by molar-refractivity contribution is 5.63. The average Bonchev–Trinajstić information content (AvgIpc) is 2.33. The van der Waals surface area contributed by atoms with E-state index in [4.69, 9.17) is 0 Å². The summed E-state index contributed by atoms with van der Waals surface area (Å²) >= 11 is 0. The first-order valence-electron chi connectivity index (χ1n) is 5.98. The average molecular weight is 214 g/mol. The number of hydrogen-bond acceptors (Lipinski definition) is 1. The smallest absolute Gasteiger partial charge is 0.104 e. The Bertz CT molecular complexity index is 415. The highest BCUT2D eigenvalue weighted by Gasteiger charge is 2.17. The van der Waals surface area contributed by atoms with Crippen LogP contribution in [0.15, 0.2) is 42.0 Å². The SMILES string of the molecule is CCCCC=C1C=Cc2ccccc2C1O. The van der Waals surface area contributed by atoms with Crippen molar-refractivity contribution >= 4 is 6.08 Å². The van der Waals surface area contributed by atoms with Gasteiger partial charge in [0.15, 0.2) is 0 Å². The second-order valence-electron chi connectivity index (χ2n) is 4.21. The molecule has 0 saturated heterocycles. The molecular formula is C15H18O. The molecule has 0 spiro atoms. The number of aliphatic hydroxyl groups is 1. The van der Waals surface area contributed by atoms with Crippen LogP contribution < -0.4 is 0 Å². The number of aliphatic hydroxyl groups excluding tert-OH is 1. The van der Waals surface area contributed by atoms with Crippen molar-refractivity contribution in [1.29, 1.82) is 0 Å². The number of fused-ring (bicyclic) bond motifs is 1. The maximum atomic E-state index is 10.2. The van der Waals surface area contributed by atoms with Gasteiger partial charge in [0.1, 0.15) is 6.10 Å². The third-order valence-corrected chi connectivity index (χ3v) is 3.00. The molecule has 84 valence electrons. The van der Waals surface area contributed by atoms with E-state index in [1.807, 2.05) is 30.3 Å². The molecule has 1 aromatic carbocycles. The molecule has 0 heterocycles. The predicted molar refractivity (Wildman–Crippen MR) is 68.0 cm³/mol. The summed E-state index contributed by atoms with van der Waals surface area (Å²) in [6.45, 7) is 2.18. The number of unbranched alkanes of at least 4 members (excludes halogenated alkanes) is 2. The van der Waals surface area contributed by atoms with Crippen LogP contribution in [0, 0.1) is 0 Å². The van der Waals surface area contributed by atoms with E-state index in [1.165, 1.54) is 12.8 Å². The van der Waals surface area contributed by atoms with Gasteiger partial charge in [0.2, 0.25) is 0 Å². The zero-order chi connectivity index (χ0) is 11.4. The molecule has 1 unspecified atom stereocenters. The zero-order valence-corrected chi connectivity index (χ0v) is 9.69. The van der Waals surface area contributed by atoms with Crippen molar-refractivity contribution in [3.63, 3.8) is 0 Å². The molecule has 0 fully saturated rings. The van der Waals surface area contributed by atoms with Crippen molar-refractivity contribution < 1.29 is 5.11 Å². The Hall–Kier alpha value is -1.34. The first-order valence-corrected chi connectivity index (χ1v) is 5.98. The summed E-state index contributed by atoms with van der Waals surface area (Å²) in [5.41, 5.74) is 3.18. The topological polar surface area (TPSA) is 20.2 Å². The minimum atomic E-state index is -0.446. The van der Waals surface area contributed by atoms with Crippen molar-refractivity contribution in [3.8, 4) is 0 Å². The van der Waals surface area contributed by atoms with Gasteiger partial charge in [-0.1, -0.05) is 62.3 Å². The van der Waals surface area contributed by atoms with Gasteiger partial charge in [-0.3, -0.25) is 0 Å².